The van der Waals surface area contributed by atoms with Gasteiger partial charge in [0.05, 0.1) is 0 Å². The fraction of sp³-hybridized carbons (Fsp3) is 1.00. The maximum Gasteiger partial charge on any atom is 0.662 e. The predicted molar refractivity (Wildman–Crippen MR) is 56.4 cm³/mol. The first-order valence-corrected chi connectivity index (χ1v) is 5.28. The summed E-state index contributed by atoms with van der Waals surface area (Å²) in [4.78, 5) is 7.98. The van der Waals surface area contributed by atoms with Crippen molar-refractivity contribution in [3.63, 3.8) is 0 Å². The molecular formula is C6H14B2O12. The zero-order valence-corrected chi connectivity index (χ0v) is 9.79. The largest absolute Gasteiger partial charge is 0.662 e. The van der Waals surface area contributed by atoms with Crippen LogP contribution in [-0.4, -0.2) is 96.6 Å². The Kier molecular flexibility index (Phi) is 5.85. The number of hydrogen-bond donors (Lipinski definition) is 9. The Morgan fingerprint density at radius 3 is 1.50 bits per heavy atom. The normalized spacial score (nSPS) is 41.5. The van der Waals surface area contributed by atoms with Gasteiger partial charge in [-0.25, -0.2) is 9.69 Å². The van der Waals surface area contributed by atoms with Crippen LogP contribution in [-0.2, 0) is 14.3 Å². The van der Waals surface area contributed by atoms with Crippen molar-refractivity contribution in [3.8, 4) is 0 Å². The summed E-state index contributed by atoms with van der Waals surface area (Å²) < 4.78 is 4.25. The van der Waals surface area contributed by atoms with Crippen LogP contribution < -0.4 is 0 Å². The lowest BCUT2D eigenvalue weighted by atomic mass is 9.81. The highest BCUT2D eigenvalue weighted by Crippen LogP contribution is 2.35. The summed E-state index contributed by atoms with van der Waals surface area (Å²) >= 11 is 0. The van der Waals surface area contributed by atoms with Gasteiger partial charge in [0.15, 0.2) is 0 Å². The summed E-state index contributed by atoms with van der Waals surface area (Å²) in [6.07, 6.45) is -11.0. The molecule has 4 unspecified atom stereocenters. The molecule has 0 aromatic heterocycles. The molecule has 9 N–H and O–H groups in total. The monoisotopic (exact) mass is 300 g/mol. The highest BCUT2D eigenvalue weighted by atomic mass is 17.2. The first kappa shape index (κ1) is 17.7. The lowest BCUT2D eigenvalue weighted by Crippen LogP contribution is -2.73. The second-order valence-electron chi connectivity index (χ2n) is 4.03. The quantitative estimate of drug-likeness (QED) is 0.100. The van der Waals surface area contributed by atoms with E-state index in [-0.39, 0.29) is 0 Å². The Labute approximate surface area is 112 Å². The molecule has 20 heavy (non-hydrogen) atoms. The van der Waals surface area contributed by atoms with Crippen molar-refractivity contribution in [1.82, 2.24) is 0 Å². The third kappa shape index (κ3) is 3.28. The molecule has 1 rings (SSSR count). The van der Waals surface area contributed by atoms with Crippen molar-refractivity contribution in [2.45, 2.75) is 36.3 Å². The van der Waals surface area contributed by atoms with Crippen LogP contribution in [0.15, 0.2) is 0 Å². The lowest BCUT2D eigenvalue weighted by Gasteiger charge is -2.48. The minimum atomic E-state index is -3.02. The highest BCUT2D eigenvalue weighted by Gasteiger charge is 2.63. The predicted octanol–water partition coefficient (Wildman–Crippen LogP) is -6.60. The van der Waals surface area contributed by atoms with Crippen LogP contribution in [0.5, 0.6) is 0 Å². The maximum atomic E-state index is 9.71. The summed E-state index contributed by atoms with van der Waals surface area (Å²) in [6, 6.07) is 0. The van der Waals surface area contributed by atoms with Crippen LogP contribution in [0.3, 0.4) is 0 Å². The Balaban J connectivity index is 3.09. The highest BCUT2D eigenvalue weighted by molar-refractivity contribution is 6.33. The van der Waals surface area contributed by atoms with E-state index in [0.29, 0.717) is 0 Å². The molecule has 116 valence electrons. The Bertz CT molecular complexity index is 298. The zero-order valence-electron chi connectivity index (χ0n) is 9.79. The Hall–Kier alpha value is -0.350. The van der Waals surface area contributed by atoms with Crippen LogP contribution in [0.25, 0.3) is 0 Å². The second-order valence-corrected chi connectivity index (χ2v) is 4.03. The zero-order chi connectivity index (χ0) is 15.7. The van der Waals surface area contributed by atoms with E-state index in [4.69, 9.17) is 20.1 Å². The number of rotatable bonds is 5. The molecule has 1 aliphatic rings. The summed E-state index contributed by atoms with van der Waals surface area (Å²) in [5.41, 5.74) is 0. The van der Waals surface area contributed by atoms with Crippen LogP contribution in [0, 0.1) is 0 Å². The molecule has 0 bridgehead atoms. The molecule has 0 spiro atoms. The van der Waals surface area contributed by atoms with Crippen molar-refractivity contribution >= 4 is 14.6 Å². The molecular weight excluding hydrogens is 286 g/mol. The van der Waals surface area contributed by atoms with Crippen molar-refractivity contribution in [2.24, 2.45) is 0 Å². The molecule has 0 aliphatic heterocycles. The second kappa shape index (κ2) is 6.61. The van der Waals surface area contributed by atoms with Gasteiger partial charge in [0, 0.05) is 0 Å². The third-order valence-electron chi connectivity index (χ3n) is 2.73. The summed E-state index contributed by atoms with van der Waals surface area (Å²) in [5.74, 6) is -3.02. The van der Waals surface area contributed by atoms with Gasteiger partial charge in [0.2, 0.25) is 5.79 Å². The smallest absolute Gasteiger partial charge is 0.402 e. The van der Waals surface area contributed by atoms with Crippen molar-refractivity contribution in [1.29, 1.82) is 0 Å². The van der Waals surface area contributed by atoms with Crippen molar-refractivity contribution < 1.29 is 60.0 Å². The van der Waals surface area contributed by atoms with Crippen LogP contribution >= 0.6 is 0 Å². The van der Waals surface area contributed by atoms with Gasteiger partial charge in [0.1, 0.15) is 30.5 Å². The Morgan fingerprint density at radius 2 is 1.15 bits per heavy atom. The maximum absolute atomic E-state index is 9.71. The molecule has 1 aliphatic carbocycles. The first-order chi connectivity index (χ1) is 9.13. The third-order valence-corrected chi connectivity index (χ3v) is 2.73. The molecule has 0 aromatic carbocycles. The molecule has 1 fully saturated rings. The van der Waals surface area contributed by atoms with Gasteiger partial charge in [-0.05, 0) is 0 Å². The minimum Gasteiger partial charge on any atom is -0.402 e. The van der Waals surface area contributed by atoms with E-state index in [0.717, 1.165) is 0 Å². The molecule has 1 saturated carbocycles. The van der Waals surface area contributed by atoms with Gasteiger partial charge in [-0.3, -0.25) is 0 Å². The van der Waals surface area contributed by atoms with Gasteiger partial charge in [-0.15, -0.1) is 0 Å². The topological polar surface area (TPSA) is 210 Å². The number of aliphatic hydroxyl groups is 5. The molecule has 4 atom stereocenters. The van der Waals surface area contributed by atoms with Gasteiger partial charge in [-0.1, -0.05) is 0 Å². The number of hydrogen-bond acceptors (Lipinski definition) is 12. The molecule has 0 saturated heterocycles. The fourth-order valence-corrected chi connectivity index (χ4v) is 1.77. The van der Waals surface area contributed by atoms with E-state index >= 15 is 0 Å². The van der Waals surface area contributed by atoms with E-state index in [2.05, 4.69) is 14.3 Å². The van der Waals surface area contributed by atoms with Gasteiger partial charge >= 0.3 is 14.6 Å². The summed E-state index contributed by atoms with van der Waals surface area (Å²) in [6.45, 7) is 0. The molecule has 12 nitrogen and oxygen atoms in total. The van der Waals surface area contributed by atoms with Crippen molar-refractivity contribution in [2.75, 3.05) is 0 Å². The van der Waals surface area contributed by atoms with Crippen LogP contribution in [0.1, 0.15) is 0 Å². The van der Waals surface area contributed by atoms with E-state index in [1.165, 1.54) is 0 Å². The van der Waals surface area contributed by atoms with Crippen molar-refractivity contribution in [3.05, 3.63) is 0 Å². The number of aliphatic hydroxyl groups excluding tert-OH is 5. The van der Waals surface area contributed by atoms with E-state index in [1.807, 2.05) is 0 Å². The fourth-order valence-electron chi connectivity index (χ4n) is 1.77. The van der Waals surface area contributed by atoms with Gasteiger partial charge in [0.25, 0.3) is 0 Å². The first-order valence-electron chi connectivity index (χ1n) is 5.28. The average Bonchev–Trinajstić information content (AvgIpc) is 2.37. The standard InChI is InChI=1S/C6H14B2O12/c9-1-2(10)4(12)6(18-7(14)15,5(13)3(1)11)19-20-8(16)17/h1-5,9-17H. The van der Waals surface area contributed by atoms with E-state index < -0.39 is 50.9 Å². The van der Waals surface area contributed by atoms with E-state index in [9.17, 15) is 25.5 Å². The summed E-state index contributed by atoms with van der Waals surface area (Å²) in [7, 11) is -5.25. The molecule has 0 radical (unpaired) electrons. The van der Waals surface area contributed by atoms with E-state index in [1.54, 1.807) is 0 Å². The minimum absolute atomic E-state index is 2.02. The van der Waals surface area contributed by atoms with Gasteiger partial charge in [-0.2, -0.15) is 0 Å². The molecule has 0 amide bonds. The SMILES string of the molecule is OB(O)OOC1(OB(O)O)C(O)C(O)C(O)C(O)C1O. The molecule has 14 heteroatoms. The van der Waals surface area contributed by atoms with Gasteiger partial charge < -0.3 is 50.3 Å². The molecule has 0 heterocycles. The molecule has 0 aromatic rings. The average molecular weight is 300 g/mol. The Morgan fingerprint density at radius 1 is 0.700 bits per heavy atom. The summed E-state index contributed by atoms with van der Waals surface area (Å²) in [5, 5.41) is 82.1. The van der Waals surface area contributed by atoms with Crippen LogP contribution in [0.2, 0.25) is 0 Å². The lowest BCUT2D eigenvalue weighted by molar-refractivity contribution is -0.449. The van der Waals surface area contributed by atoms with Crippen LogP contribution in [0.4, 0.5) is 0 Å².